The van der Waals surface area contributed by atoms with Crippen molar-refractivity contribution in [1.82, 2.24) is 4.90 Å². The zero-order chi connectivity index (χ0) is 22.3. The molecule has 0 radical (unpaired) electrons. The summed E-state index contributed by atoms with van der Waals surface area (Å²) in [5.41, 5.74) is 0.342. The van der Waals surface area contributed by atoms with Gasteiger partial charge in [-0.15, -0.1) is 0 Å². The molecule has 2 aliphatic carbocycles. The molecule has 1 aromatic carbocycles. The van der Waals surface area contributed by atoms with Gasteiger partial charge in [0.05, 0.1) is 37.2 Å². The molecule has 9 nitrogen and oxygen atoms in total. The minimum atomic E-state index is -0.677. The second kappa shape index (κ2) is 7.98. The number of ether oxygens (including phenoxy) is 2. The highest BCUT2D eigenvalue weighted by atomic mass is 16.5. The van der Waals surface area contributed by atoms with Crippen LogP contribution in [0.25, 0.3) is 0 Å². The summed E-state index contributed by atoms with van der Waals surface area (Å²) in [6.07, 6.45) is 4.77. The number of hydrogen-bond acceptors (Lipinski definition) is 7. The first-order valence-corrected chi connectivity index (χ1v) is 9.99. The van der Waals surface area contributed by atoms with Crippen LogP contribution in [0.4, 0.5) is 5.69 Å². The third-order valence-corrected chi connectivity index (χ3v) is 6.18. The van der Waals surface area contributed by atoms with Crippen molar-refractivity contribution in [2.45, 2.75) is 12.8 Å². The largest absolute Gasteiger partial charge is 0.465 e. The highest BCUT2D eigenvalue weighted by Crippen LogP contribution is 2.52. The fourth-order valence-electron chi connectivity index (χ4n) is 4.79. The van der Waals surface area contributed by atoms with Gasteiger partial charge in [0.1, 0.15) is 0 Å². The van der Waals surface area contributed by atoms with Crippen LogP contribution in [-0.2, 0) is 23.9 Å². The first-order valence-electron chi connectivity index (χ1n) is 9.99. The molecule has 1 N–H and O–H groups in total. The van der Waals surface area contributed by atoms with Crippen LogP contribution in [0.3, 0.4) is 0 Å². The quantitative estimate of drug-likeness (QED) is 0.415. The first kappa shape index (κ1) is 20.8. The molecule has 162 valence electrons. The van der Waals surface area contributed by atoms with E-state index < -0.39 is 17.8 Å². The van der Waals surface area contributed by atoms with Crippen molar-refractivity contribution in [1.29, 1.82) is 0 Å². The number of anilines is 1. The number of carbonyl (C=O) groups excluding carboxylic acids is 5. The molecule has 31 heavy (non-hydrogen) atoms. The summed E-state index contributed by atoms with van der Waals surface area (Å²) in [5.74, 6) is -2.60. The van der Waals surface area contributed by atoms with E-state index in [-0.39, 0.29) is 65.3 Å². The van der Waals surface area contributed by atoms with E-state index in [0.717, 1.165) is 6.42 Å². The maximum absolute atomic E-state index is 12.7. The molecule has 0 aromatic heterocycles. The number of allylic oxidation sites excluding steroid dienone is 2. The lowest BCUT2D eigenvalue weighted by Gasteiger charge is -2.17. The Hall–Kier alpha value is -3.49. The van der Waals surface area contributed by atoms with Crippen molar-refractivity contribution in [3.05, 3.63) is 41.5 Å². The Morgan fingerprint density at radius 2 is 1.45 bits per heavy atom. The minimum Gasteiger partial charge on any atom is -0.465 e. The van der Waals surface area contributed by atoms with Crippen molar-refractivity contribution >= 4 is 35.3 Å². The van der Waals surface area contributed by atoms with E-state index in [4.69, 9.17) is 0 Å². The maximum atomic E-state index is 12.7. The first-order chi connectivity index (χ1) is 14.8. The van der Waals surface area contributed by atoms with Crippen LogP contribution in [0.1, 0.15) is 33.6 Å². The van der Waals surface area contributed by atoms with E-state index in [1.807, 2.05) is 12.2 Å². The van der Waals surface area contributed by atoms with Crippen LogP contribution in [0.2, 0.25) is 0 Å². The predicted molar refractivity (Wildman–Crippen MR) is 107 cm³/mol. The zero-order valence-electron chi connectivity index (χ0n) is 17.1. The number of amides is 3. The number of methoxy groups -OCH3 is 2. The summed E-state index contributed by atoms with van der Waals surface area (Å²) in [5, 5.41) is 2.60. The van der Waals surface area contributed by atoms with E-state index in [1.165, 1.54) is 37.3 Å². The van der Waals surface area contributed by atoms with Gasteiger partial charge in [0.25, 0.3) is 0 Å². The molecule has 2 bridgehead atoms. The smallest absolute Gasteiger partial charge is 0.337 e. The van der Waals surface area contributed by atoms with Crippen LogP contribution >= 0.6 is 0 Å². The summed E-state index contributed by atoms with van der Waals surface area (Å²) < 4.78 is 9.34. The predicted octanol–water partition coefficient (Wildman–Crippen LogP) is 1.40. The van der Waals surface area contributed by atoms with Gasteiger partial charge in [-0.2, -0.15) is 0 Å². The number of nitrogens with one attached hydrogen (secondary N) is 1. The van der Waals surface area contributed by atoms with Crippen LogP contribution in [0.5, 0.6) is 0 Å². The monoisotopic (exact) mass is 426 g/mol. The molecule has 4 atom stereocenters. The van der Waals surface area contributed by atoms with Gasteiger partial charge >= 0.3 is 11.9 Å². The fourth-order valence-corrected chi connectivity index (χ4v) is 4.79. The molecular formula is C22H22N2O7. The Morgan fingerprint density at radius 3 is 1.94 bits per heavy atom. The highest BCUT2D eigenvalue weighted by molar-refractivity contribution is 6.07. The normalized spacial score (nSPS) is 25.5. The van der Waals surface area contributed by atoms with Crippen LogP contribution < -0.4 is 5.32 Å². The number of rotatable bonds is 6. The molecule has 3 amide bonds. The van der Waals surface area contributed by atoms with E-state index in [2.05, 4.69) is 14.8 Å². The lowest BCUT2D eigenvalue weighted by molar-refractivity contribution is -0.140. The van der Waals surface area contributed by atoms with Gasteiger partial charge in [0.15, 0.2) is 0 Å². The summed E-state index contributed by atoms with van der Waals surface area (Å²) in [6.45, 7) is -0.0174. The fraction of sp³-hybridized carbons (Fsp3) is 0.409. The number of esters is 2. The number of likely N-dealkylation sites (tertiary alicyclic amines) is 1. The van der Waals surface area contributed by atoms with Gasteiger partial charge in [-0.25, -0.2) is 9.59 Å². The van der Waals surface area contributed by atoms with Gasteiger partial charge in [0.2, 0.25) is 17.7 Å². The number of nitrogens with zero attached hydrogens (tertiary/aromatic N) is 1. The Kier molecular flexibility index (Phi) is 5.34. The van der Waals surface area contributed by atoms with Crippen LogP contribution in [0, 0.1) is 23.7 Å². The highest BCUT2D eigenvalue weighted by Gasteiger charge is 2.59. The molecule has 9 heteroatoms. The molecule has 1 aliphatic heterocycles. The topological polar surface area (TPSA) is 119 Å². The number of benzene rings is 1. The van der Waals surface area contributed by atoms with Crippen LogP contribution in [-0.4, -0.2) is 55.3 Å². The molecular weight excluding hydrogens is 404 g/mol. The number of imide groups is 1. The van der Waals surface area contributed by atoms with Crippen molar-refractivity contribution in [2.24, 2.45) is 23.7 Å². The lowest BCUT2D eigenvalue weighted by Crippen LogP contribution is -2.35. The second-order valence-electron chi connectivity index (χ2n) is 7.91. The Labute approximate surface area is 178 Å². The summed E-state index contributed by atoms with van der Waals surface area (Å²) >= 11 is 0. The van der Waals surface area contributed by atoms with E-state index >= 15 is 0 Å². The number of hydrogen-bond donors (Lipinski definition) is 1. The van der Waals surface area contributed by atoms with Gasteiger partial charge in [0, 0.05) is 18.7 Å². The molecule has 1 saturated carbocycles. The van der Waals surface area contributed by atoms with Crippen molar-refractivity contribution in [3.8, 4) is 0 Å². The minimum absolute atomic E-state index is 0.0174. The van der Waals surface area contributed by atoms with Gasteiger partial charge < -0.3 is 14.8 Å². The van der Waals surface area contributed by atoms with Crippen molar-refractivity contribution < 1.29 is 33.4 Å². The average molecular weight is 426 g/mol. The van der Waals surface area contributed by atoms with Crippen molar-refractivity contribution in [2.75, 3.05) is 26.1 Å². The van der Waals surface area contributed by atoms with Gasteiger partial charge in [-0.05, 0) is 36.5 Å². The zero-order valence-corrected chi connectivity index (χ0v) is 17.1. The molecule has 1 saturated heterocycles. The summed E-state index contributed by atoms with van der Waals surface area (Å²) in [6, 6.07) is 4.04. The lowest BCUT2D eigenvalue weighted by atomic mass is 9.85. The molecule has 4 unspecified atom stereocenters. The molecule has 1 aromatic rings. The van der Waals surface area contributed by atoms with Crippen molar-refractivity contribution in [3.63, 3.8) is 0 Å². The molecule has 0 spiro atoms. The SMILES string of the molecule is COC(=O)c1cc(NC(=O)CCN2C(=O)C3C4C=CC(C4)C3C2=O)cc(C(=O)OC)c1. The maximum Gasteiger partial charge on any atom is 0.337 e. The van der Waals surface area contributed by atoms with Gasteiger partial charge in [-0.3, -0.25) is 19.3 Å². The van der Waals surface area contributed by atoms with Crippen LogP contribution in [0.15, 0.2) is 30.4 Å². The number of fused-ring (bicyclic) bond motifs is 5. The molecule has 3 aliphatic rings. The molecule has 2 fully saturated rings. The van der Waals surface area contributed by atoms with E-state index in [1.54, 1.807) is 0 Å². The second-order valence-corrected chi connectivity index (χ2v) is 7.91. The molecule has 1 heterocycles. The third-order valence-electron chi connectivity index (χ3n) is 6.18. The van der Waals surface area contributed by atoms with Gasteiger partial charge in [-0.1, -0.05) is 12.2 Å². The van der Waals surface area contributed by atoms with E-state index in [0.29, 0.717) is 0 Å². The Bertz CT molecular complexity index is 951. The number of carbonyl (C=O) groups is 5. The van der Waals surface area contributed by atoms with E-state index in [9.17, 15) is 24.0 Å². The summed E-state index contributed by atoms with van der Waals surface area (Å²) in [4.78, 5) is 62.8. The third kappa shape index (κ3) is 3.60. The Morgan fingerprint density at radius 1 is 0.935 bits per heavy atom. The standard InChI is InChI=1S/C22H22N2O7/c1-30-21(28)13-8-14(22(29)31-2)10-15(9-13)23-16(25)5-6-24-19(26)17-11-3-4-12(7-11)18(17)20(24)27/h3-4,8-12,17-18H,5-7H2,1-2H3,(H,23,25). The average Bonchev–Trinajstić information content (AvgIpc) is 3.45. The Balaban J connectivity index is 1.42. The molecule has 4 rings (SSSR count). The summed E-state index contributed by atoms with van der Waals surface area (Å²) in [7, 11) is 2.40.